The zero-order valence-corrected chi connectivity index (χ0v) is 26.2. The van der Waals surface area contributed by atoms with E-state index < -0.39 is 29.5 Å². The molecule has 0 aliphatic carbocycles. The Kier molecular flexibility index (Phi) is 8.25. The summed E-state index contributed by atoms with van der Waals surface area (Å²) >= 11 is 0.931. The standard InChI is InChI=1S/C35H30N4O6S/c1-5-18-44-34(43)31-21(3)36-35(46-31)39-28(24-13-15-25(16-14-24)45-19-23-11-7-6-8-12-23)26(30(41)33(39)42)29(40)27-22(4)38-17-9-10-20(2)32(38)37-27/h5-17,28,40H,1,18-19H2,2-4H3/b29-26+. The molecule has 0 radical (unpaired) electrons. The quantitative estimate of drug-likeness (QED) is 0.0662. The van der Waals surface area contributed by atoms with E-state index in [-0.39, 0.29) is 27.9 Å². The van der Waals surface area contributed by atoms with Gasteiger partial charge < -0.3 is 19.0 Å². The molecule has 5 aromatic rings. The third-order valence-corrected chi connectivity index (χ3v) is 8.84. The number of thiazole rings is 1. The minimum absolute atomic E-state index is 0.00650. The van der Waals surface area contributed by atoms with E-state index in [0.717, 1.165) is 22.5 Å². The first kappa shape index (κ1) is 30.5. The molecule has 1 fully saturated rings. The van der Waals surface area contributed by atoms with Crippen LogP contribution in [0.25, 0.3) is 11.4 Å². The smallest absolute Gasteiger partial charge is 0.350 e. The van der Waals surface area contributed by atoms with Crippen molar-refractivity contribution in [3.05, 3.63) is 130 Å². The lowest BCUT2D eigenvalue weighted by atomic mass is 9.96. The van der Waals surface area contributed by atoms with Crippen molar-refractivity contribution >= 4 is 45.5 Å². The van der Waals surface area contributed by atoms with Gasteiger partial charge in [0.1, 0.15) is 35.2 Å². The molecule has 46 heavy (non-hydrogen) atoms. The molecular weight excluding hydrogens is 604 g/mol. The fraction of sp³-hybridized carbons (Fsp3) is 0.171. The number of pyridine rings is 1. The number of anilines is 1. The Morgan fingerprint density at radius 1 is 1.02 bits per heavy atom. The van der Waals surface area contributed by atoms with Gasteiger partial charge in [0.2, 0.25) is 0 Å². The van der Waals surface area contributed by atoms with Crippen LogP contribution in [-0.2, 0) is 20.9 Å². The van der Waals surface area contributed by atoms with Crippen LogP contribution in [0.4, 0.5) is 5.13 Å². The maximum Gasteiger partial charge on any atom is 0.350 e. The largest absolute Gasteiger partial charge is 0.505 e. The number of nitrogens with zero attached hydrogens (tertiary/aromatic N) is 4. The zero-order valence-electron chi connectivity index (χ0n) is 25.4. The third-order valence-electron chi connectivity index (χ3n) is 7.71. The Balaban J connectivity index is 1.46. The Labute approximate surface area is 268 Å². The molecule has 3 aromatic heterocycles. The van der Waals surface area contributed by atoms with Crippen molar-refractivity contribution in [2.75, 3.05) is 11.5 Å². The summed E-state index contributed by atoms with van der Waals surface area (Å²) in [6.45, 7) is 9.23. The molecule has 0 spiro atoms. The van der Waals surface area contributed by atoms with Crippen LogP contribution in [0.5, 0.6) is 5.75 Å². The summed E-state index contributed by atoms with van der Waals surface area (Å²) in [6.07, 6.45) is 3.26. The molecule has 1 aliphatic rings. The zero-order chi connectivity index (χ0) is 32.5. The number of esters is 1. The number of carbonyl (C=O) groups is 3. The van der Waals surface area contributed by atoms with Crippen molar-refractivity contribution in [2.24, 2.45) is 0 Å². The highest BCUT2D eigenvalue weighted by Gasteiger charge is 2.49. The van der Waals surface area contributed by atoms with Gasteiger partial charge in [0, 0.05) is 6.20 Å². The molecule has 1 saturated heterocycles. The van der Waals surface area contributed by atoms with Crippen molar-refractivity contribution < 1.29 is 29.0 Å². The molecule has 1 atom stereocenters. The van der Waals surface area contributed by atoms with Gasteiger partial charge in [0.05, 0.1) is 23.0 Å². The van der Waals surface area contributed by atoms with E-state index in [0.29, 0.717) is 35.0 Å². The summed E-state index contributed by atoms with van der Waals surface area (Å²) in [7, 11) is 0. The van der Waals surface area contributed by atoms with Crippen LogP contribution in [0.1, 0.15) is 49.5 Å². The highest BCUT2D eigenvalue weighted by molar-refractivity contribution is 7.17. The van der Waals surface area contributed by atoms with E-state index in [1.54, 1.807) is 38.1 Å². The Morgan fingerprint density at radius 2 is 1.76 bits per heavy atom. The molecule has 1 N–H and O–H groups in total. The topological polar surface area (TPSA) is 123 Å². The normalized spacial score (nSPS) is 15.8. The number of aliphatic hydroxyl groups is 1. The third kappa shape index (κ3) is 5.45. The van der Waals surface area contributed by atoms with Crippen LogP contribution < -0.4 is 9.64 Å². The molecule has 2 aromatic carbocycles. The number of rotatable bonds is 9. The van der Waals surface area contributed by atoms with Gasteiger partial charge in [-0.3, -0.25) is 14.5 Å². The molecule has 6 rings (SSSR count). The minimum Gasteiger partial charge on any atom is -0.505 e. The summed E-state index contributed by atoms with van der Waals surface area (Å²) in [5.41, 5.74) is 4.00. The van der Waals surface area contributed by atoms with Gasteiger partial charge in [0.15, 0.2) is 10.9 Å². The number of hydrogen-bond donors (Lipinski definition) is 1. The first-order chi connectivity index (χ1) is 22.2. The average molecular weight is 635 g/mol. The lowest BCUT2D eigenvalue weighted by Gasteiger charge is -2.23. The highest BCUT2D eigenvalue weighted by atomic mass is 32.1. The van der Waals surface area contributed by atoms with Crippen molar-refractivity contribution in [2.45, 2.75) is 33.4 Å². The molecule has 10 nitrogen and oxygen atoms in total. The van der Waals surface area contributed by atoms with Crippen molar-refractivity contribution in [1.29, 1.82) is 0 Å². The number of aliphatic hydroxyl groups excluding tert-OH is 1. The van der Waals surface area contributed by atoms with E-state index in [2.05, 4.69) is 16.5 Å². The summed E-state index contributed by atoms with van der Waals surface area (Å²) in [6, 6.07) is 19.4. The van der Waals surface area contributed by atoms with Gasteiger partial charge in [0.25, 0.3) is 5.78 Å². The van der Waals surface area contributed by atoms with E-state index in [4.69, 9.17) is 9.47 Å². The molecule has 0 saturated carbocycles. The molecular formula is C35H30N4O6S. The summed E-state index contributed by atoms with van der Waals surface area (Å²) in [5, 5.41) is 11.9. The first-order valence-electron chi connectivity index (χ1n) is 14.5. The SMILES string of the molecule is C=CCOC(=O)c1sc(N2C(=O)C(=O)/C(=C(/O)c3nc4c(C)cccn4c3C)C2c2ccc(OCc3ccccc3)cc2)nc1C. The number of amides is 1. The summed E-state index contributed by atoms with van der Waals surface area (Å²) in [5.74, 6) is -2.25. The maximum atomic E-state index is 13.8. The van der Waals surface area contributed by atoms with E-state index in [1.807, 2.05) is 60.0 Å². The number of imidazole rings is 1. The molecule has 1 amide bonds. The number of aryl methyl sites for hydroxylation is 3. The van der Waals surface area contributed by atoms with Crippen molar-refractivity contribution in [1.82, 2.24) is 14.4 Å². The van der Waals surface area contributed by atoms with E-state index in [9.17, 15) is 19.5 Å². The molecule has 232 valence electrons. The number of carbonyl (C=O) groups excluding carboxylic acids is 3. The molecule has 1 unspecified atom stereocenters. The lowest BCUT2D eigenvalue weighted by Crippen LogP contribution is -2.29. The molecule has 0 bridgehead atoms. The number of hydrogen-bond acceptors (Lipinski definition) is 9. The van der Waals surface area contributed by atoms with Crippen LogP contribution in [-0.4, -0.2) is 43.7 Å². The predicted octanol–water partition coefficient (Wildman–Crippen LogP) is 6.26. The van der Waals surface area contributed by atoms with Gasteiger partial charge in [-0.2, -0.15) is 0 Å². The summed E-state index contributed by atoms with van der Waals surface area (Å²) < 4.78 is 13.0. The molecule has 4 heterocycles. The second kappa shape index (κ2) is 12.4. The highest BCUT2D eigenvalue weighted by Crippen LogP contribution is 2.44. The van der Waals surface area contributed by atoms with Crippen LogP contribution in [0.2, 0.25) is 0 Å². The fourth-order valence-corrected chi connectivity index (χ4v) is 6.37. The van der Waals surface area contributed by atoms with Gasteiger partial charge in [-0.15, -0.1) is 0 Å². The molecule has 1 aliphatic heterocycles. The first-order valence-corrected chi connectivity index (χ1v) is 15.3. The van der Waals surface area contributed by atoms with Gasteiger partial charge in [-0.1, -0.05) is 72.5 Å². The van der Waals surface area contributed by atoms with Gasteiger partial charge >= 0.3 is 11.9 Å². The Morgan fingerprint density at radius 3 is 2.46 bits per heavy atom. The van der Waals surface area contributed by atoms with Gasteiger partial charge in [-0.05, 0) is 55.7 Å². The van der Waals surface area contributed by atoms with E-state index >= 15 is 0 Å². The van der Waals surface area contributed by atoms with Crippen molar-refractivity contribution in [3.8, 4) is 5.75 Å². The number of fused-ring (bicyclic) bond motifs is 1. The minimum atomic E-state index is -1.07. The predicted molar refractivity (Wildman–Crippen MR) is 174 cm³/mol. The Bertz CT molecular complexity index is 2030. The fourth-order valence-electron chi connectivity index (χ4n) is 5.38. The number of aromatic nitrogens is 3. The van der Waals surface area contributed by atoms with Crippen LogP contribution in [0.15, 0.2) is 91.2 Å². The molecule has 11 heteroatoms. The van der Waals surface area contributed by atoms with Crippen molar-refractivity contribution in [3.63, 3.8) is 0 Å². The van der Waals surface area contributed by atoms with Crippen LogP contribution in [0, 0.1) is 20.8 Å². The average Bonchev–Trinajstić information content (AvgIpc) is 3.70. The maximum absolute atomic E-state index is 13.8. The second-order valence-corrected chi connectivity index (χ2v) is 11.7. The van der Waals surface area contributed by atoms with Crippen LogP contribution in [0.3, 0.4) is 0 Å². The van der Waals surface area contributed by atoms with Gasteiger partial charge in [-0.25, -0.2) is 14.8 Å². The lowest BCUT2D eigenvalue weighted by molar-refractivity contribution is -0.132. The monoisotopic (exact) mass is 634 g/mol. The summed E-state index contributed by atoms with van der Waals surface area (Å²) in [4.78, 5) is 50.8. The number of ketones is 1. The number of benzene rings is 2. The van der Waals surface area contributed by atoms with E-state index in [1.165, 1.54) is 11.0 Å². The van der Waals surface area contributed by atoms with Crippen LogP contribution >= 0.6 is 11.3 Å². The number of Topliss-reactive ketones (excluding diaryl/α,β-unsaturated/α-hetero) is 1. The number of ether oxygens (including phenoxy) is 2. The Hall–Kier alpha value is -5.55. The second-order valence-electron chi connectivity index (χ2n) is 10.7.